The van der Waals surface area contributed by atoms with Crippen molar-refractivity contribution < 1.29 is 49.3 Å². The van der Waals surface area contributed by atoms with Crippen LogP contribution in [0.5, 0.6) is 0 Å². The Morgan fingerprint density at radius 1 is 0.582 bits per heavy atom. The summed E-state index contributed by atoms with van der Waals surface area (Å²) in [5, 5.41) is 53.9. The fourth-order valence-corrected chi connectivity index (χ4v) is 7.55. The summed E-state index contributed by atoms with van der Waals surface area (Å²) >= 11 is 0. The van der Waals surface area contributed by atoms with Gasteiger partial charge in [0.05, 0.1) is 32.0 Å². The summed E-state index contributed by atoms with van der Waals surface area (Å²) in [5.41, 5.74) is 0. The van der Waals surface area contributed by atoms with E-state index < -0.39 is 49.5 Å². The maximum absolute atomic E-state index is 12.9. The van der Waals surface area contributed by atoms with Gasteiger partial charge in [-0.3, -0.25) is 9.59 Å². The van der Waals surface area contributed by atoms with E-state index in [1.807, 2.05) is 31.2 Å². The number of esters is 1. The third kappa shape index (κ3) is 35.6. The predicted molar refractivity (Wildman–Crippen MR) is 273 cm³/mol. The van der Waals surface area contributed by atoms with Crippen LogP contribution < -0.4 is 5.32 Å². The van der Waals surface area contributed by atoms with Crippen molar-refractivity contribution in [2.24, 2.45) is 0 Å². The largest absolute Gasteiger partial charge is 0.466 e. The number of aliphatic hydroxyl groups is 5. The van der Waals surface area contributed by atoms with Gasteiger partial charge in [-0.2, -0.15) is 0 Å². The monoisotopic (exact) mass is 942 g/mol. The van der Waals surface area contributed by atoms with Gasteiger partial charge in [-0.05, 0) is 103 Å². The molecule has 0 radical (unpaired) electrons. The molecule has 384 valence electrons. The fraction of sp³-hybridized carbons (Fsp3) is 0.714. The van der Waals surface area contributed by atoms with Gasteiger partial charge in [0.25, 0.3) is 0 Å². The van der Waals surface area contributed by atoms with Crippen molar-refractivity contribution in [1.29, 1.82) is 0 Å². The molecule has 7 atom stereocenters. The number of amides is 1. The normalized spacial score (nSPS) is 20.3. The molecular formula is C56H95NO10. The Morgan fingerprint density at radius 3 is 1.67 bits per heavy atom. The van der Waals surface area contributed by atoms with Crippen LogP contribution in [0.25, 0.3) is 0 Å². The molecule has 1 rings (SSSR count). The maximum Gasteiger partial charge on any atom is 0.305 e. The molecule has 0 aliphatic carbocycles. The van der Waals surface area contributed by atoms with Crippen molar-refractivity contribution in [3.05, 3.63) is 85.1 Å². The number of unbranched alkanes of at least 4 members (excludes halogenated alkanes) is 18. The number of nitrogens with one attached hydrogen (secondary N) is 1. The van der Waals surface area contributed by atoms with E-state index in [1.165, 1.54) is 77.0 Å². The second-order valence-corrected chi connectivity index (χ2v) is 17.9. The molecule has 1 amide bonds. The molecule has 0 saturated carbocycles. The minimum Gasteiger partial charge on any atom is -0.466 e. The number of allylic oxidation sites excluding steroid dienone is 13. The summed E-state index contributed by atoms with van der Waals surface area (Å²) in [7, 11) is 0. The minimum atomic E-state index is -1.60. The van der Waals surface area contributed by atoms with Gasteiger partial charge in [-0.1, -0.05) is 163 Å². The number of ether oxygens (including phenoxy) is 3. The van der Waals surface area contributed by atoms with Crippen molar-refractivity contribution in [2.45, 2.75) is 236 Å². The number of carbonyl (C=O) groups is 2. The number of carbonyl (C=O) groups excluding carboxylic acids is 2. The van der Waals surface area contributed by atoms with Crippen molar-refractivity contribution in [2.75, 3.05) is 19.8 Å². The first-order chi connectivity index (χ1) is 32.7. The first kappa shape index (κ1) is 61.9. The molecular weight excluding hydrogens is 847 g/mol. The third-order valence-electron chi connectivity index (χ3n) is 11.8. The highest BCUT2D eigenvalue weighted by atomic mass is 16.7. The van der Waals surface area contributed by atoms with Crippen LogP contribution in [0.3, 0.4) is 0 Å². The molecule has 0 aromatic heterocycles. The van der Waals surface area contributed by atoms with Gasteiger partial charge in [0.2, 0.25) is 5.91 Å². The SMILES string of the molecule is C/C=C/CC/C=C/CC/C=C/C(O)C(COC1OC(CO)C(O)C(O)C1O)NC(=O)CC/C=C\C/C=C\CCCCCCCCOC(=O)CCCCCCCCC/C=C\C/C=C\CCCCC. The molecule has 7 unspecified atom stereocenters. The second kappa shape index (κ2) is 45.3. The Bertz CT molecular complexity index is 1390. The summed E-state index contributed by atoms with van der Waals surface area (Å²) in [5.74, 6) is -0.335. The zero-order chi connectivity index (χ0) is 48.8. The smallest absolute Gasteiger partial charge is 0.305 e. The second-order valence-electron chi connectivity index (χ2n) is 17.9. The standard InChI is InChI=1S/C56H95NO10/c1-3-5-7-9-11-13-14-15-16-17-18-21-24-28-32-36-40-44-52(61)65-45-41-37-33-29-25-22-19-20-23-27-31-35-39-43-51(60)57-48(49(59)42-38-34-30-26-12-10-8-6-4-2)47-66-56-55(64)54(63)53(62)50(46-58)67-56/h4,6,11-13,15-16,20,23,26,31,35,38,42,48-50,53-56,58-59,62-64H,3,5,7-10,14,17-19,21-22,24-25,27-30,32-34,36-37,39-41,43-47H2,1-2H3,(H,57,60)/b6-4+,13-11-,16-15-,23-20-,26-12+,35-31-,42-38+. The Kier molecular flexibility index (Phi) is 41.8. The van der Waals surface area contributed by atoms with Gasteiger partial charge >= 0.3 is 5.97 Å². The van der Waals surface area contributed by atoms with Gasteiger partial charge in [0.1, 0.15) is 24.4 Å². The Balaban J connectivity index is 2.15. The molecule has 0 bridgehead atoms. The lowest BCUT2D eigenvalue weighted by Crippen LogP contribution is -2.60. The summed E-state index contributed by atoms with van der Waals surface area (Å²) in [6.45, 7) is 3.93. The molecule has 1 heterocycles. The fourth-order valence-electron chi connectivity index (χ4n) is 7.55. The van der Waals surface area contributed by atoms with Gasteiger partial charge in [-0.25, -0.2) is 0 Å². The van der Waals surface area contributed by atoms with Crippen LogP contribution in [0.2, 0.25) is 0 Å². The lowest BCUT2D eigenvalue weighted by atomic mass is 9.99. The van der Waals surface area contributed by atoms with Gasteiger partial charge < -0.3 is 45.1 Å². The minimum absolute atomic E-state index is 0.0509. The van der Waals surface area contributed by atoms with E-state index in [0.717, 1.165) is 77.0 Å². The molecule has 0 aromatic rings. The Morgan fingerprint density at radius 2 is 1.09 bits per heavy atom. The van der Waals surface area contributed by atoms with Crippen molar-refractivity contribution >= 4 is 11.9 Å². The molecule has 11 nitrogen and oxygen atoms in total. The molecule has 67 heavy (non-hydrogen) atoms. The summed E-state index contributed by atoms with van der Waals surface area (Å²) < 4.78 is 16.6. The Labute approximate surface area is 406 Å². The van der Waals surface area contributed by atoms with Crippen molar-refractivity contribution in [3.8, 4) is 0 Å². The molecule has 1 fully saturated rings. The third-order valence-corrected chi connectivity index (χ3v) is 11.8. The molecule has 1 aliphatic rings. The van der Waals surface area contributed by atoms with Crippen LogP contribution in [0.4, 0.5) is 0 Å². The van der Waals surface area contributed by atoms with Crippen LogP contribution in [0.15, 0.2) is 85.1 Å². The molecule has 1 aliphatic heterocycles. The molecule has 0 aromatic carbocycles. The average Bonchev–Trinajstić information content (AvgIpc) is 3.32. The molecule has 11 heteroatoms. The van der Waals surface area contributed by atoms with Crippen LogP contribution in [0, 0.1) is 0 Å². The highest BCUT2D eigenvalue weighted by Gasteiger charge is 2.44. The van der Waals surface area contributed by atoms with Crippen LogP contribution >= 0.6 is 0 Å². The number of hydrogen-bond donors (Lipinski definition) is 6. The van der Waals surface area contributed by atoms with E-state index in [4.69, 9.17) is 14.2 Å². The highest BCUT2D eigenvalue weighted by molar-refractivity contribution is 5.76. The van der Waals surface area contributed by atoms with Gasteiger partial charge in [-0.15, -0.1) is 0 Å². The van der Waals surface area contributed by atoms with E-state index in [1.54, 1.807) is 6.08 Å². The molecule has 0 spiro atoms. The van der Waals surface area contributed by atoms with Crippen molar-refractivity contribution in [1.82, 2.24) is 5.32 Å². The quantitative estimate of drug-likeness (QED) is 0.0196. The summed E-state index contributed by atoms with van der Waals surface area (Å²) in [6.07, 6.45) is 49.9. The first-order valence-electron chi connectivity index (χ1n) is 26.3. The lowest BCUT2D eigenvalue weighted by Gasteiger charge is -2.40. The van der Waals surface area contributed by atoms with E-state index in [2.05, 4.69) is 66.9 Å². The van der Waals surface area contributed by atoms with Crippen molar-refractivity contribution in [3.63, 3.8) is 0 Å². The van der Waals surface area contributed by atoms with E-state index in [9.17, 15) is 35.1 Å². The summed E-state index contributed by atoms with van der Waals surface area (Å²) in [6, 6.07) is -0.880. The first-order valence-corrected chi connectivity index (χ1v) is 26.3. The van der Waals surface area contributed by atoms with Crippen LogP contribution in [-0.4, -0.2) is 100 Å². The van der Waals surface area contributed by atoms with Crippen LogP contribution in [-0.2, 0) is 23.8 Å². The molecule has 1 saturated heterocycles. The lowest BCUT2D eigenvalue weighted by molar-refractivity contribution is -0.302. The zero-order valence-corrected chi connectivity index (χ0v) is 41.8. The predicted octanol–water partition coefficient (Wildman–Crippen LogP) is 11.0. The average molecular weight is 942 g/mol. The highest BCUT2D eigenvalue weighted by Crippen LogP contribution is 2.22. The van der Waals surface area contributed by atoms with E-state index in [0.29, 0.717) is 25.9 Å². The zero-order valence-electron chi connectivity index (χ0n) is 41.8. The number of rotatable bonds is 43. The van der Waals surface area contributed by atoms with Gasteiger partial charge in [0.15, 0.2) is 6.29 Å². The number of aliphatic hydroxyl groups excluding tert-OH is 5. The van der Waals surface area contributed by atoms with Gasteiger partial charge in [0, 0.05) is 12.8 Å². The number of hydrogen-bond acceptors (Lipinski definition) is 10. The maximum atomic E-state index is 12.9. The van der Waals surface area contributed by atoms with E-state index in [-0.39, 0.29) is 24.9 Å². The van der Waals surface area contributed by atoms with Crippen LogP contribution in [0.1, 0.15) is 194 Å². The summed E-state index contributed by atoms with van der Waals surface area (Å²) in [4.78, 5) is 25.0. The van der Waals surface area contributed by atoms with E-state index >= 15 is 0 Å². The Hall–Kier alpha value is -3.16. The topological polar surface area (TPSA) is 175 Å². The molecule has 6 N–H and O–H groups in total.